The molecule has 0 aliphatic heterocycles. The molecular formula is C12H16F4N2. The van der Waals surface area contributed by atoms with Gasteiger partial charge in [0.2, 0.25) is 0 Å². The van der Waals surface area contributed by atoms with Crippen LogP contribution in [0.1, 0.15) is 36.4 Å². The quantitative estimate of drug-likeness (QED) is 0.486. The first-order valence-electron chi connectivity index (χ1n) is 5.62. The second-order valence-corrected chi connectivity index (χ2v) is 4.25. The fraction of sp³-hybridized carbons (Fsp3) is 0.500. The Kier molecular flexibility index (Phi) is 5.10. The van der Waals surface area contributed by atoms with Crippen molar-refractivity contribution in [1.82, 2.24) is 5.43 Å². The van der Waals surface area contributed by atoms with Gasteiger partial charge in [0.1, 0.15) is 5.82 Å². The van der Waals surface area contributed by atoms with Crippen LogP contribution < -0.4 is 11.3 Å². The molecule has 0 aromatic heterocycles. The molecule has 0 aliphatic rings. The third kappa shape index (κ3) is 4.62. The molecule has 0 amide bonds. The van der Waals surface area contributed by atoms with Gasteiger partial charge in [-0.25, -0.2) is 4.39 Å². The molecule has 3 N–H and O–H groups in total. The third-order valence-corrected chi connectivity index (χ3v) is 2.69. The first kappa shape index (κ1) is 14.9. The normalized spacial score (nSPS) is 13.7. The number of nitrogens with one attached hydrogen (secondary N) is 1. The van der Waals surface area contributed by atoms with E-state index in [1.54, 1.807) is 19.1 Å². The van der Waals surface area contributed by atoms with Crippen LogP contribution in [-0.2, 0) is 0 Å². The van der Waals surface area contributed by atoms with Crippen molar-refractivity contribution in [2.45, 2.75) is 38.4 Å². The van der Waals surface area contributed by atoms with Crippen molar-refractivity contribution in [3.8, 4) is 0 Å². The molecule has 1 atom stereocenters. The molecule has 6 heteroatoms. The van der Waals surface area contributed by atoms with Gasteiger partial charge in [-0.2, -0.15) is 13.2 Å². The molecule has 0 spiro atoms. The van der Waals surface area contributed by atoms with Crippen LogP contribution in [0.5, 0.6) is 0 Å². The lowest BCUT2D eigenvalue weighted by Gasteiger charge is -2.17. The molecule has 0 bridgehead atoms. The summed E-state index contributed by atoms with van der Waals surface area (Å²) in [6, 6.07) is 3.98. The Hall–Kier alpha value is -1.14. The Balaban J connectivity index is 2.66. The largest absolute Gasteiger partial charge is 0.389 e. The molecule has 0 aliphatic carbocycles. The van der Waals surface area contributed by atoms with E-state index >= 15 is 0 Å². The van der Waals surface area contributed by atoms with Crippen molar-refractivity contribution in [1.29, 1.82) is 0 Å². The summed E-state index contributed by atoms with van der Waals surface area (Å²) in [5.41, 5.74) is 3.41. The summed E-state index contributed by atoms with van der Waals surface area (Å²) in [5.74, 6) is 4.81. The van der Waals surface area contributed by atoms with E-state index in [0.29, 0.717) is 5.56 Å². The number of nitrogens with two attached hydrogens (primary N) is 1. The summed E-state index contributed by atoms with van der Waals surface area (Å²) in [6.07, 6.45) is -5.04. The van der Waals surface area contributed by atoms with E-state index in [1.807, 2.05) is 0 Å². The fourth-order valence-corrected chi connectivity index (χ4v) is 1.75. The average molecular weight is 264 g/mol. The van der Waals surface area contributed by atoms with Crippen LogP contribution in [0, 0.1) is 12.7 Å². The lowest BCUT2D eigenvalue weighted by Crippen LogP contribution is -2.29. The molecule has 1 aromatic carbocycles. The Morgan fingerprint density at radius 3 is 2.50 bits per heavy atom. The van der Waals surface area contributed by atoms with E-state index in [0.717, 1.165) is 5.56 Å². The monoisotopic (exact) mass is 264 g/mol. The predicted molar refractivity (Wildman–Crippen MR) is 61.1 cm³/mol. The molecule has 0 saturated heterocycles. The van der Waals surface area contributed by atoms with Gasteiger partial charge in [-0.05, 0) is 31.4 Å². The molecule has 0 fully saturated rings. The van der Waals surface area contributed by atoms with Gasteiger partial charge in [0.05, 0.1) is 0 Å². The van der Waals surface area contributed by atoms with Crippen molar-refractivity contribution in [2.75, 3.05) is 0 Å². The highest BCUT2D eigenvalue weighted by molar-refractivity contribution is 5.26. The van der Waals surface area contributed by atoms with Crippen LogP contribution in [0.15, 0.2) is 18.2 Å². The standard InChI is InChI=1S/C12H16F4N2/c1-8-4-5-9(10(13)7-8)11(18-17)3-2-6-12(14,15)16/h4-5,7,11,18H,2-3,6,17H2,1H3. The van der Waals surface area contributed by atoms with Gasteiger partial charge in [-0.3, -0.25) is 11.3 Å². The molecule has 102 valence electrons. The van der Waals surface area contributed by atoms with Crippen molar-refractivity contribution >= 4 is 0 Å². The Morgan fingerprint density at radius 1 is 1.33 bits per heavy atom. The molecule has 1 rings (SSSR count). The van der Waals surface area contributed by atoms with Crippen LogP contribution >= 0.6 is 0 Å². The van der Waals surface area contributed by atoms with Crippen LogP contribution in [0.2, 0.25) is 0 Å². The number of benzene rings is 1. The highest BCUT2D eigenvalue weighted by Crippen LogP contribution is 2.27. The molecule has 2 nitrogen and oxygen atoms in total. The number of aryl methyl sites for hydroxylation is 1. The van der Waals surface area contributed by atoms with E-state index in [9.17, 15) is 17.6 Å². The van der Waals surface area contributed by atoms with E-state index < -0.39 is 24.5 Å². The van der Waals surface area contributed by atoms with Crippen molar-refractivity contribution < 1.29 is 17.6 Å². The molecule has 0 heterocycles. The summed E-state index contributed by atoms with van der Waals surface area (Å²) in [4.78, 5) is 0. The van der Waals surface area contributed by atoms with Gasteiger partial charge in [-0.15, -0.1) is 0 Å². The van der Waals surface area contributed by atoms with E-state index in [2.05, 4.69) is 5.43 Å². The molecule has 0 saturated carbocycles. The maximum Gasteiger partial charge on any atom is 0.389 e. The first-order valence-corrected chi connectivity index (χ1v) is 5.62. The van der Waals surface area contributed by atoms with Crippen LogP contribution in [0.25, 0.3) is 0 Å². The highest BCUT2D eigenvalue weighted by atomic mass is 19.4. The summed E-state index contributed by atoms with van der Waals surface area (Å²) in [5, 5.41) is 0. The zero-order valence-corrected chi connectivity index (χ0v) is 10.0. The first-order chi connectivity index (χ1) is 8.33. The summed E-state index contributed by atoms with van der Waals surface area (Å²) >= 11 is 0. The van der Waals surface area contributed by atoms with Crippen LogP contribution in [-0.4, -0.2) is 6.18 Å². The minimum Gasteiger partial charge on any atom is -0.271 e. The second-order valence-electron chi connectivity index (χ2n) is 4.25. The zero-order chi connectivity index (χ0) is 13.8. The highest BCUT2D eigenvalue weighted by Gasteiger charge is 2.27. The maximum absolute atomic E-state index is 13.6. The summed E-state index contributed by atoms with van der Waals surface area (Å²) in [7, 11) is 0. The number of halogens is 4. The maximum atomic E-state index is 13.6. The van der Waals surface area contributed by atoms with E-state index in [4.69, 9.17) is 5.84 Å². The summed E-state index contributed by atoms with van der Waals surface area (Å²) in [6.45, 7) is 1.74. The predicted octanol–water partition coefficient (Wildman–Crippen LogP) is 3.37. The van der Waals surface area contributed by atoms with Crippen molar-refractivity contribution in [3.05, 3.63) is 35.1 Å². The smallest absolute Gasteiger partial charge is 0.271 e. The third-order valence-electron chi connectivity index (χ3n) is 2.69. The number of rotatable bonds is 5. The minimum absolute atomic E-state index is 0.0916. The number of hydrazine groups is 1. The molecular weight excluding hydrogens is 248 g/mol. The van der Waals surface area contributed by atoms with Gasteiger partial charge in [0, 0.05) is 18.0 Å². The van der Waals surface area contributed by atoms with E-state index in [1.165, 1.54) is 6.07 Å². The number of alkyl halides is 3. The molecule has 18 heavy (non-hydrogen) atoms. The van der Waals surface area contributed by atoms with Crippen LogP contribution in [0.4, 0.5) is 17.6 Å². The second kappa shape index (κ2) is 6.15. The lowest BCUT2D eigenvalue weighted by molar-refractivity contribution is -0.135. The van der Waals surface area contributed by atoms with Crippen LogP contribution in [0.3, 0.4) is 0 Å². The van der Waals surface area contributed by atoms with Crippen molar-refractivity contribution in [3.63, 3.8) is 0 Å². The molecule has 1 aromatic rings. The van der Waals surface area contributed by atoms with Gasteiger partial charge < -0.3 is 0 Å². The lowest BCUT2D eigenvalue weighted by atomic mass is 10.00. The molecule has 0 radical (unpaired) electrons. The van der Waals surface area contributed by atoms with Gasteiger partial charge >= 0.3 is 6.18 Å². The van der Waals surface area contributed by atoms with E-state index in [-0.39, 0.29) is 12.8 Å². The minimum atomic E-state index is -4.19. The topological polar surface area (TPSA) is 38.0 Å². The fourth-order valence-electron chi connectivity index (χ4n) is 1.75. The Labute approximate surface area is 103 Å². The number of hydrogen-bond acceptors (Lipinski definition) is 2. The SMILES string of the molecule is Cc1ccc(C(CCCC(F)(F)F)NN)c(F)c1. The zero-order valence-electron chi connectivity index (χ0n) is 10.0. The average Bonchev–Trinajstić information content (AvgIpc) is 2.24. The van der Waals surface area contributed by atoms with Crippen molar-refractivity contribution in [2.24, 2.45) is 5.84 Å². The number of hydrogen-bond donors (Lipinski definition) is 2. The van der Waals surface area contributed by atoms with Gasteiger partial charge in [0.25, 0.3) is 0 Å². The van der Waals surface area contributed by atoms with Gasteiger partial charge in [0.15, 0.2) is 0 Å². The summed E-state index contributed by atoms with van der Waals surface area (Å²) < 4.78 is 49.7. The molecule has 1 unspecified atom stereocenters. The Bertz CT molecular complexity index is 390. The Morgan fingerprint density at radius 2 is 2.00 bits per heavy atom. The van der Waals surface area contributed by atoms with Gasteiger partial charge in [-0.1, -0.05) is 12.1 Å².